The maximum Gasteiger partial charge on any atom is 0.307 e. The first-order valence-corrected chi connectivity index (χ1v) is 8.96. The van der Waals surface area contributed by atoms with Crippen molar-refractivity contribution in [3.63, 3.8) is 0 Å². The number of aliphatic carboxylic acids is 1. The van der Waals surface area contributed by atoms with Gasteiger partial charge in [-0.3, -0.25) is 9.59 Å². The molecule has 2 aromatic rings. The fraction of sp³-hybridized carbons (Fsp3) is 0.286. The van der Waals surface area contributed by atoms with Crippen LogP contribution in [0.2, 0.25) is 0 Å². The summed E-state index contributed by atoms with van der Waals surface area (Å²) in [5.41, 5.74) is 2.66. The van der Waals surface area contributed by atoms with E-state index in [4.69, 9.17) is 15.7 Å². The summed E-state index contributed by atoms with van der Waals surface area (Å²) in [7, 11) is 0. The van der Waals surface area contributed by atoms with E-state index in [1.807, 2.05) is 19.9 Å². The molecular formula is C21H24ClN3O4. The summed E-state index contributed by atoms with van der Waals surface area (Å²) in [6, 6.07) is 12.4. The first kappa shape index (κ1) is 22.2. The van der Waals surface area contributed by atoms with E-state index in [-0.39, 0.29) is 36.3 Å². The number of anilines is 1. The summed E-state index contributed by atoms with van der Waals surface area (Å²) in [5.74, 6) is 4.67. The molecule has 0 aliphatic carbocycles. The molecule has 0 radical (unpaired) electrons. The van der Waals surface area contributed by atoms with E-state index in [0.717, 1.165) is 11.1 Å². The number of fused-ring (bicyclic) bond motifs is 1. The number of carbonyl (C=O) groups is 2. The third kappa shape index (κ3) is 5.26. The minimum Gasteiger partial charge on any atom is -0.489 e. The van der Waals surface area contributed by atoms with Gasteiger partial charge >= 0.3 is 5.97 Å². The lowest BCUT2D eigenvalue weighted by Crippen LogP contribution is -2.35. The van der Waals surface area contributed by atoms with E-state index in [1.54, 1.807) is 36.4 Å². The number of nitrogens with one attached hydrogen (secondary N) is 1. The van der Waals surface area contributed by atoms with Crippen molar-refractivity contribution < 1.29 is 19.4 Å². The lowest BCUT2D eigenvalue weighted by atomic mass is 9.76. The zero-order chi connectivity index (χ0) is 20.3. The number of rotatable bonds is 5. The molecule has 4 N–H and O–H groups in total. The minimum absolute atomic E-state index is 0. The Morgan fingerprint density at radius 3 is 2.59 bits per heavy atom. The number of nitrogens with zero attached hydrogens (tertiary/aromatic N) is 1. The largest absolute Gasteiger partial charge is 0.489 e. The SMILES string of the molecule is CC1(C)CC(CC(=O)O)Oc2ccc(NC(=O)c3ccc(C=NN)cc3)cc21.Cl. The second-order valence-electron chi connectivity index (χ2n) is 7.49. The average molecular weight is 418 g/mol. The Bertz CT molecular complexity index is 926. The molecule has 1 unspecified atom stereocenters. The molecule has 8 heteroatoms. The minimum atomic E-state index is -0.878. The van der Waals surface area contributed by atoms with Gasteiger partial charge in [-0.05, 0) is 47.7 Å². The van der Waals surface area contributed by atoms with Crippen molar-refractivity contribution in [2.24, 2.45) is 10.9 Å². The lowest BCUT2D eigenvalue weighted by molar-refractivity contribution is -0.139. The van der Waals surface area contributed by atoms with Gasteiger partial charge in [0.05, 0.1) is 12.6 Å². The van der Waals surface area contributed by atoms with Crippen molar-refractivity contribution in [2.45, 2.75) is 38.2 Å². The fourth-order valence-corrected chi connectivity index (χ4v) is 3.46. The molecule has 0 saturated carbocycles. The van der Waals surface area contributed by atoms with Crippen molar-refractivity contribution in [1.82, 2.24) is 0 Å². The zero-order valence-corrected chi connectivity index (χ0v) is 17.0. The van der Waals surface area contributed by atoms with E-state index in [2.05, 4.69) is 10.4 Å². The van der Waals surface area contributed by atoms with E-state index in [1.165, 1.54) is 6.21 Å². The monoisotopic (exact) mass is 417 g/mol. The molecule has 0 spiro atoms. The van der Waals surface area contributed by atoms with Crippen molar-refractivity contribution in [3.8, 4) is 5.75 Å². The molecule has 0 bridgehead atoms. The van der Waals surface area contributed by atoms with Crippen LogP contribution < -0.4 is 15.9 Å². The van der Waals surface area contributed by atoms with Crippen LogP contribution in [0.1, 0.15) is 48.2 Å². The van der Waals surface area contributed by atoms with Gasteiger partial charge in [0.1, 0.15) is 11.9 Å². The van der Waals surface area contributed by atoms with Gasteiger partial charge in [0.15, 0.2) is 0 Å². The molecule has 0 fully saturated rings. The number of carboxylic acids is 1. The van der Waals surface area contributed by atoms with Crippen molar-refractivity contribution in [3.05, 3.63) is 59.2 Å². The lowest BCUT2D eigenvalue weighted by Gasteiger charge is -2.37. The molecule has 1 amide bonds. The predicted molar refractivity (Wildman–Crippen MR) is 114 cm³/mol. The van der Waals surface area contributed by atoms with Gasteiger partial charge in [-0.25, -0.2) is 0 Å². The number of halogens is 1. The van der Waals surface area contributed by atoms with Gasteiger partial charge in [-0.2, -0.15) is 5.10 Å². The van der Waals surface area contributed by atoms with E-state index >= 15 is 0 Å². The molecule has 154 valence electrons. The maximum absolute atomic E-state index is 12.5. The Balaban J connectivity index is 0.00000300. The summed E-state index contributed by atoms with van der Waals surface area (Å²) in [4.78, 5) is 23.5. The summed E-state index contributed by atoms with van der Waals surface area (Å²) >= 11 is 0. The Morgan fingerprint density at radius 1 is 1.28 bits per heavy atom. The van der Waals surface area contributed by atoms with Gasteiger partial charge in [0.25, 0.3) is 5.91 Å². The highest BCUT2D eigenvalue weighted by Gasteiger charge is 2.35. The standard InChI is InChI=1S/C21H23N3O4.ClH/c1-21(2)11-16(10-19(25)26)28-18-8-7-15(9-17(18)21)24-20(27)14-5-3-13(4-6-14)12-23-22;/h3-9,12,16H,10-11,22H2,1-2H3,(H,24,27)(H,25,26);1H. The van der Waals surface area contributed by atoms with Crippen LogP contribution in [0.4, 0.5) is 5.69 Å². The highest BCUT2D eigenvalue weighted by molar-refractivity contribution is 6.04. The number of nitrogens with two attached hydrogens (primary N) is 1. The molecule has 1 aliphatic rings. The van der Waals surface area contributed by atoms with Gasteiger partial charge in [-0.1, -0.05) is 26.0 Å². The molecule has 3 rings (SSSR count). The van der Waals surface area contributed by atoms with Crippen LogP contribution in [0.3, 0.4) is 0 Å². The Labute approximate surface area is 175 Å². The predicted octanol–water partition coefficient (Wildman–Crippen LogP) is 3.56. The van der Waals surface area contributed by atoms with Gasteiger partial charge < -0.3 is 21.0 Å². The third-order valence-electron chi connectivity index (χ3n) is 4.80. The highest BCUT2D eigenvalue weighted by atomic mass is 35.5. The number of hydrogen-bond donors (Lipinski definition) is 3. The topological polar surface area (TPSA) is 114 Å². The molecule has 1 heterocycles. The zero-order valence-electron chi connectivity index (χ0n) is 16.2. The quantitative estimate of drug-likeness (QED) is 0.391. The van der Waals surface area contributed by atoms with Gasteiger partial charge in [0.2, 0.25) is 0 Å². The first-order chi connectivity index (χ1) is 13.3. The molecule has 7 nitrogen and oxygen atoms in total. The molecule has 2 aromatic carbocycles. The van der Waals surface area contributed by atoms with E-state index < -0.39 is 5.97 Å². The normalized spacial score (nSPS) is 17.0. The highest BCUT2D eigenvalue weighted by Crippen LogP contribution is 2.42. The van der Waals surface area contributed by atoms with E-state index in [0.29, 0.717) is 23.4 Å². The summed E-state index contributed by atoms with van der Waals surface area (Å²) in [6.45, 7) is 4.10. The Morgan fingerprint density at radius 2 is 1.97 bits per heavy atom. The van der Waals surface area contributed by atoms with Crippen LogP contribution in [0, 0.1) is 0 Å². The summed E-state index contributed by atoms with van der Waals surface area (Å²) in [6.07, 6.45) is 1.70. The third-order valence-corrected chi connectivity index (χ3v) is 4.80. The second-order valence-corrected chi connectivity index (χ2v) is 7.49. The van der Waals surface area contributed by atoms with Gasteiger partial charge in [-0.15, -0.1) is 12.4 Å². The van der Waals surface area contributed by atoms with Crippen molar-refractivity contribution in [1.29, 1.82) is 0 Å². The number of ether oxygens (including phenoxy) is 1. The van der Waals surface area contributed by atoms with Crippen LogP contribution in [-0.4, -0.2) is 29.3 Å². The Kier molecular flexibility index (Phi) is 6.87. The van der Waals surface area contributed by atoms with Crippen LogP contribution in [-0.2, 0) is 10.2 Å². The second kappa shape index (κ2) is 8.96. The maximum atomic E-state index is 12.5. The first-order valence-electron chi connectivity index (χ1n) is 8.96. The smallest absolute Gasteiger partial charge is 0.307 e. The fourth-order valence-electron chi connectivity index (χ4n) is 3.46. The summed E-state index contributed by atoms with van der Waals surface area (Å²) < 4.78 is 5.84. The number of carboxylic acid groups (broad SMARTS) is 1. The molecule has 1 atom stereocenters. The molecule has 0 saturated heterocycles. The van der Waals surface area contributed by atoms with Crippen molar-refractivity contribution >= 4 is 36.2 Å². The number of amides is 1. The van der Waals surface area contributed by atoms with Crippen LogP contribution in [0.25, 0.3) is 0 Å². The molecular weight excluding hydrogens is 394 g/mol. The van der Waals surface area contributed by atoms with Crippen LogP contribution in [0.15, 0.2) is 47.6 Å². The number of hydrogen-bond acceptors (Lipinski definition) is 5. The van der Waals surface area contributed by atoms with Crippen molar-refractivity contribution in [2.75, 3.05) is 5.32 Å². The van der Waals surface area contributed by atoms with Crippen LogP contribution >= 0.6 is 12.4 Å². The molecule has 0 aromatic heterocycles. The van der Waals surface area contributed by atoms with Crippen LogP contribution in [0.5, 0.6) is 5.75 Å². The van der Waals surface area contributed by atoms with E-state index in [9.17, 15) is 9.59 Å². The molecule has 29 heavy (non-hydrogen) atoms. The number of benzene rings is 2. The average Bonchev–Trinajstić information content (AvgIpc) is 2.62. The number of carbonyl (C=O) groups excluding carboxylic acids is 1. The number of hydrazone groups is 1. The van der Waals surface area contributed by atoms with Gasteiger partial charge in [0, 0.05) is 16.8 Å². The molecule has 1 aliphatic heterocycles. The summed E-state index contributed by atoms with van der Waals surface area (Å²) in [5, 5.41) is 15.4. The Hall–Kier alpha value is -3.06.